The number of rotatable bonds is 5. The van der Waals surface area contributed by atoms with Crippen molar-refractivity contribution in [1.29, 1.82) is 0 Å². The first-order valence-corrected chi connectivity index (χ1v) is 8.67. The smallest absolute Gasteiger partial charge is 0.435 e. The molecule has 8 nitrogen and oxygen atoms in total. The second-order valence-corrected chi connectivity index (χ2v) is 6.25. The van der Waals surface area contributed by atoms with Gasteiger partial charge in [-0.2, -0.15) is 22.3 Å². The fourth-order valence-corrected chi connectivity index (χ4v) is 2.72. The Morgan fingerprint density at radius 1 is 1.19 bits per heavy atom. The molecule has 0 aliphatic rings. The fraction of sp³-hybridized carbons (Fsp3) is 0.158. The molecule has 0 fully saturated rings. The maximum absolute atomic E-state index is 14.0. The minimum absolute atomic E-state index is 0.0337. The van der Waals surface area contributed by atoms with E-state index < -0.39 is 57.9 Å². The van der Waals surface area contributed by atoms with Crippen molar-refractivity contribution >= 4 is 11.6 Å². The molecule has 0 atom stereocenters. The third-order valence-corrected chi connectivity index (χ3v) is 4.14. The molecule has 0 bridgehead atoms. The molecule has 0 saturated carbocycles. The summed E-state index contributed by atoms with van der Waals surface area (Å²) < 4.78 is 77.8. The largest absolute Gasteiger partial charge is 0.619 e. The second-order valence-electron chi connectivity index (χ2n) is 6.25. The summed E-state index contributed by atoms with van der Waals surface area (Å²) in [5.74, 6) is -5.71. The highest BCUT2D eigenvalue weighted by atomic mass is 19.4. The number of carbonyl (C=O) groups excluding carboxylic acids is 1. The van der Waals surface area contributed by atoms with Gasteiger partial charge in [-0.15, -0.1) is 10.2 Å². The van der Waals surface area contributed by atoms with Gasteiger partial charge in [-0.3, -0.25) is 4.79 Å². The number of benzene rings is 1. The number of hydrogen-bond donors (Lipinski definition) is 1. The molecule has 1 amide bonds. The maximum atomic E-state index is 14.0. The molecule has 0 unspecified atom stereocenters. The van der Waals surface area contributed by atoms with E-state index in [0.29, 0.717) is 10.8 Å². The number of nitrogens with one attached hydrogen (secondary N) is 1. The van der Waals surface area contributed by atoms with E-state index in [4.69, 9.17) is 9.47 Å². The Hall–Kier alpha value is -4.03. The number of ether oxygens (including phenoxy) is 2. The van der Waals surface area contributed by atoms with Gasteiger partial charge in [0.1, 0.15) is 11.3 Å². The van der Waals surface area contributed by atoms with Crippen LogP contribution in [-0.2, 0) is 6.18 Å². The molecular formula is C19H13F5N4O4. The van der Waals surface area contributed by atoms with Crippen molar-refractivity contribution < 1.29 is 41.0 Å². The Morgan fingerprint density at radius 2 is 1.91 bits per heavy atom. The van der Waals surface area contributed by atoms with Crippen LogP contribution in [0.15, 0.2) is 36.7 Å². The van der Waals surface area contributed by atoms with Gasteiger partial charge in [0, 0.05) is 6.07 Å². The van der Waals surface area contributed by atoms with E-state index >= 15 is 0 Å². The highest BCUT2D eigenvalue weighted by molar-refractivity contribution is 6.06. The summed E-state index contributed by atoms with van der Waals surface area (Å²) in [6, 6.07) is 4.24. The summed E-state index contributed by atoms with van der Waals surface area (Å²) in [4.78, 5) is 12.8. The number of amides is 1. The van der Waals surface area contributed by atoms with Crippen molar-refractivity contribution in [1.82, 2.24) is 10.2 Å². The monoisotopic (exact) mass is 456 g/mol. The Kier molecular flexibility index (Phi) is 6.09. The molecule has 0 radical (unpaired) electrons. The van der Waals surface area contributed by atoms with Gasteiger partial charge in [-0.25, -0.2) is 4.39 Å². The Balaban J connectivity index is 2.11. The van der Waals surface area contributed by atoms with Crippen LogP contribution in [0, 0.1) is 23.8 Å². The zero-order valence-electron chi connectivity index (χ0n) is 16.3. The normalized spacial score (nSPS) is 11.2. The lowest BCUT2D eigenvalue weighted by Gasteiger charge is -2.17. The number of pyridine rings is 1. The van der Waals surface area contributed by atoms with Crippen LogP contribution in [0.4, 0.5) is 27.6 Å². The van der Waals surface area contributed by atoms with E-state index in [1.54, 1.807) is 0 Å². The fourth-order valence-electron chi connectivity index (χ4n) is 2.72. The van der Waals surface area contributed by atoms with Gasteiger partial charge < -0.3 is 20.0 Å². The Morgan fingerprint density at radius 3 is 2.53 bits per heavy atom. The van der Waals surface area contributed by atoms with Crippen LogP contribution in [0.2, 0.25) is 0 Å². The molecule has 3 rings (SSSR count). The topological polar surface area (TPSA) is 100 Å². The van der Waals surface area contributed by atoms with Crippen LogP contribution < -0.4 is 19.5 Å². The predicted octanol–water partition coefficient (Wildman–Crippen LogP) is 3.77. The average Bonchev–Trinajstić information content (AvgIpc) is 2.70. The van der Waals surface area contributed by atoms with Crippen LogP contribution in [0.25, 0.3) is 0 Å². The van der Waals surface area contributed by atoms with Crippen molar-refractivity contribution in [2.75, 3.05) is 12.4 Å². The minimum atomic E-state index is -4.95. The van der Waals surface area contributed by atoms with Crippen LogP contribution in [0.5, 0.6) is 17.4 Å². The number of hydrogen-bond acceptors (Lipinski definition) is 6. The molecule has 32 heavy (non-hydrogen) atoms. The van der Waals surface area contributed by atoms with E-state index in [2.05, 4.69) is 15.5 Å². The van der Waals surface area contributed by atoms with Crippen molar-refractivity contribution in [3.8, 4) is 17.4 Å². The van der Waals surface area contributed by atoms with Gasteiger partial charge in [0.05, 0.1) is 7.11 Å². The lowest BCUT2D eigenvalue weighted by molar-refractivity contribution is -0.604. The van der Waals surface area contributed by atoms with E-state index in [-0.39, 0.29) is 5.69 Å². The van der Waals surface area contributed by atoms with Crippen molar-refractivity contribution in [3.05, 3.63) is 70.3 Å². The molecule has 3 aromatic rings. The van der Waals surface area contributed by atoms with E-state index in [1.807, 2.05) is 0 Å². The van der Waals surface area contributed by atoms with Crippen LogP contribution in [0.3, 0.4) is 0 Å². The van der Waals surface area contributed by atoms with Crippen LogP contribution in [0.1, 0.15) is 21.6 Å². The van der Waals surface area contributed by atoms with Gasteiger partial charge in [0.15, 0.2) is 23.5 Å². The highest BCUT2D eigenvalue weighted by Crippen LogP contribution is 2.38. The number of aromatic nitrogens is 3. The van der Waals surface area contributed by atoms with E-state index in [0.717, 1.165) is 32.5 Å². The summed E-state index contributed by atoms with van der Waals surface area (Å²) >= 11 is 0. The first-order valence-electron chi connectivity index (χ1n) is 8.67. The first-order chi connectivity index (χ1) is 15.0. The van der Waals surface area contributed by atoms with Crippen molar-refractivity contribution in [2.45, 2.75) is 13.1 Å². The highest BCUT2D eigenvalue weighted by Gasteiger charge is 2.38. The molecule has 0 aliphatic carbocycles. The van der Waals surface area contributed by atoms with Gasteiger partial charge in [0.25, 0.3) is 11.8 Å². The molecule has 2 aromatic heterocycles. The van der Waals surface area contributed by atoms with E-state index in [9.17, 15) is 32.0 Å². The predicted molar refractivity (Wildman–Crippen MR) is 98.1 cm³/mol. The third-order valence-electron chi connectivity index (χ3n) is 4.14. The summed E-state index contributed by atoms with van der Waals surface area (Å²) in [6.45, 7) is 0.959. The van der Waals surface area contributed by atoms with Crippen LogP contribution in [-0.4, -0.2) is 23.2 Å². The molecule has 0 aliphatic heterocycles. The van der Waals surface area contributed by atoms with Gasteiger partial charge in [-0.1, -0.05) is 0 Å². The first kappa shape index (κ1) is 22.7. The maximum Gasteiger partial charge on any atom is 0.435 e. The van der Waals surface area contributed by atoms with Crippen molar-refractivity contribution in [2.24, 2.45) is 0 Å². The molecule has 1 N–H and O–H groups in total. The molecule has 13 heteroatoms. The summed E-state index contributed by atoms with van der Waals surface area (Å²) in [5, 5.41) is 20.0. The van der Waals surface area contributed by atoms with Crippen molar-refractivity contribution in [3.63, 3.8) is 0 Å². The quantitative estimate of drug-likeness (QED) is 0.357. The van der Waals surface area contributed by atoms with Gasteiger partial charge in [0.2, 0.25) is 17.8 Å². The molecule has 0 spiro atoms. The SMILES string of the molecule is COc1c(Oc2nnc(C(F)(F)F)c(C)c2C(=O)Nc2ccc[n+]([O-])c2)ccc(F)c1F. The van der Waals surface area contributed by atoms with E-state index in [1.165, 1.54) is 12.1 Å². The number of methoxy groups -OCH3 is 1. The molecular weight excluding hydrogens is 443 g/mol. The summed E-state index contributed by atoms with van der Waals surface area (Å²) in [7, 11) is 1.01. The lowest BCUT2D eigenvalue weighted by Crippen LogP contribution is -2.26. The molecule has 0 saturated heterocycles. The number of carbonyl (C=O) groups is 1. The van der Waals surface area contributed by atoms with Gasteiger partial charge >= 0.3 is 6.18 Å². The number of nitrogens with zero attached hydrogens (tertiary/aromatic N) is 3. The second kappa shape index (κ2) is 8.61. The molecule has 2 heterocycles. The summed E-state index contributed by atoms with van der Waals surface area (Å²) in [5.41, 5.74) is -2.83. The Labute approximate surface area is 176 Å². The van der Waals surface area contributed by atoms with Crippen LogP contribution >= 0.6 is 0 Å². The molecule has 168 valence electrons. The minimum Gasteiger partial charge on any atom is -0.619 e. The molecule has 1 aromatic carbocycles. The Bertz CT molecular complexity index is 1190. The zero-order valence-corrected chi connectivity index (χ0v) is 16.3. The summed E-state index contributed by atoms with van der Waals surface area (Å²) in [6.07, 6.45) is -2.86. The zero-order chi connectivity index (χ0) is 23.6. The van der Waals surface area contributed by atoms with Gasteiger partial charge in [-0.05, 0) is 30.7 Å². The third kappa shape index (κ3) is 4.50. The number of halogens is 5. The number of alkyl halides is 3. The standard InChI is InChI=1S/C19H13F5N4O4/c1-9-13(17(29)25-10-4-3-7-28(30)8-10)18(27-26-16(9)19(22,23)24)32-12-6-5-11(20)14(21)15(12)31-2/h3-8H,1-2H3,(H,25,29). The number of anilines is 1. The lowest BCUT2D eigenvalue weighted by atomic mass is 10.1. The average molecular weight is 456 g/mol.